The lowest BCUT2D eigenvalue weighted by molar-refractivity contribution is -0.139. The Kier molecular flexibility index (Phi) is 7.82. The number of halogens is 3. The quantitative estimate of drug-likeness (QED) is 0.309. The first kappa shape index (κ1) is 24.8. The van der Waals surface area contributed by atoms with Crippen LogP contribution in [0.2, 0.25) is 0 Å². The van der Waals surface area contributed by atoms with E-state index in [9.17, 15) is 26.7 Å². The van der Waals surface area contributed by atoms with E-state index >= 15 is 0 Å². The topological polar surface area (TPSA) is 116 Å². The van der Waals surface area contributed by atoms with Gasteiger partial charge in [0.25, 0.3) is 0 Å². The first-order chi connectivity index (χ1) is 15.6. The van der Waals surface area contributed by atoms with E-state index < -0.39 is 28.0 Å². The molecule has 3 rings (SSSR count). The van der Waals surface area contributed by atoms with Gasteiger partial charge in [0.05, 0.1) is 17.4 Å². The van der Waals surface area contributed by atoms with Gasteiger partial charge in [-0.2, -0.15) is 18.3 Å². The third-order valence-corrected chi connectivity index (χ3v) is 6.21. The van der Waals surface area contributed by atoms with Gasteiger partial charge in [-0.3, -0.25) is 9.82 Å². The minimum atomic E-state index is -4.51. The summed E-state index contributed by atoms with van der Waals surface area (Å²) in [6.07, 6.45) is -4.89. The molecule has 180 valence electrons. The van der Waals surface area contributed by atoms with Crippen LogP contribution in [0.3, 0.4) is 0 Å². The third-order valence-electron chi connectivity index (χ3n) is 4.71. The number of ether oxygens (including phenoxy) is 1. The van der Waals surface area contributed by atoms with Crippen molar-refractivity contribution < 1.29 is 31.4 Å². The number of aromatic amines is 1. The van der Waals surface area contributed by atoms with E-state index in [2.05, 4.69) is 15.1 Å². The van der Waals surface area contributed by atoms with Crippen LogP contribution in [0.1, 0.15) is 30.7 Å². The van der Waals surface area contributed by atoms with Gasteiger partial charge in [0.15, 0.2) is 0 Å². The summed E-state index contributed by atoms with van der Waals surface area (Å²) in [7, 11) is -3.42. The zero-order valence-corrected chi connectivity index (χ0v) is 18.6. The monoisotopic (exact) mass is 486 g/mol. The predicted octanol–water partition coefficient (Wildman–Crippen LogP) is 3.44. The molecule has 1 atom stereocenters. The maximum Gasteiger partial charge on any atom is 0.433 e. The van der Waals surface area contributed by atoms with Gasteiger partial charge >= 0.3 is 6.18 Å². The second kappa shape index (κ2) is 10.4. The van der Waals surface area contributed by atoms with E-state index in [1.165, 1.54) is 18.2 Å². The summed E-state index contributed by atoms with van der Waals surface area (Å²) in [5.74, 6) is 0.384. The average Bonchev–Trinajstić information content (AvgIpc) is 3.17. The number of aromatic nitrogens is 2. The normalized spacial score (nSPS) is 13.2. The molecule has 0 fully saturated rings. The number of nitrogens with one attached hydrogen (secondary N) is 3. The van der Waals surface area contributed by atoms with Gasteiger partial charge in [-0.1, -0.05) is 19.1 Å². The van der Waals surface area contributed by atoms with Gasteiger partial charge < -0.3 is 15.2 Å². The molecule has 8 nitrogen and oxygen atoms in total. The van der Waals surface area contributed by atoms with Crippen molar-refractivity contribution >= 4 is 26.6 Å². The third kappa shape index (κ3) is 6.83. The van der Waals surface area contributed by atoms with Gasteiger partial charge in [0, 0.05) is 30.2 Å². The number of H-pyrrole nitrogens is 1. The summed E-state index contributed by atoms with van der Waals surface area (Å²) >= 11 is 0. The van der Waals surface area contributed by atoms with Crippen molar-refractivity contribution in [3.8, 4) is 5.75 Å². The SMILES string of the molecule is CCCS(=O)(=O)Nc1cccc([C@@H](O)CNCCOc2ccc3c(C(F)(F)F)[nH]nc3c2)c1. The molecule has 33 heavy (non-hydrogen) atoms. The molecule has 0 unspecified atom stereocenters. The highest BCUT2D eigenvalue weighted by Gasteiger charge is 2.35. The maximum atomic E-state index is 12.9. The molecule has 12 heteroatoms. The van der Waals surface area contributed by atoms with Crippen molar-refractivity contribution in [1.82, 2.24) is 15.5 Å². The van der Waals surface area contributed by atoms with Crippen molar-refractivity contribution in [2.75, 3.05) is 30.2 Å². The van der Waals surface area contributed by atoms with Crippen molar-refractivity contribution in [2.24, 2.45) is 0 Å². The summed E-state index contributed by atoms with van der Waals surface area (Å²) in [6, 6.07) is 10.7. The largest absolute Gasteiger partial charge is 0.492 e. The van der Waals surface area contributed by atoms with E-state index in [1.807, 2.05) is 5.10 Å². The highest BCUT2D eigenvalue weighted by Crippen LogP contribution is 2.34. The number of rotatable bonds is 11. The van der Waals surface area contributed by atoms with Crippen LogP contribution in [-0.2, 0) is 16.2 Å². The fourth-order valence-electron chi connectivity index (χ4n) is 3.20. The Balaban J connectivity index is 1.47. The lowest BCUT2D eigenvalue weighted by Crippen LogP contribution is -2.26. The number of aliphatic hydroxyl groups is 1. The average molecular weight is 487 g/mol. The Morgan fingerprint density at radius 3 is 2.73 bits per heavy atom. The molecular formula is C21H25F3N4O4S. The minimum absolute atomic E-state index is 0.0118. The standard InChI is InChI=1S/C21H25F3N4O4S/c1-2-10-33(30,31)28-15-5-3-4-14(11-15)19(29)13-25-8-9-32-16-6-7-17-18(12-16)26-27-20(17)21(22,23)24/h3-7,11-12,19,25,28-29H,2,8-10,13H2,1H3,(H,26,27)/t19-/m0/s1. The Morgan fingerprint density at radius 2 is 2.00 bits per heavy atom. The number of hydrogen-bond donors (Lipinski definition) is 4. The van der Waals surface area contributed by atoms with Gasteiger partial charge in [-0.15, -0.1) is 0 Å². The highest BCUT2D eigenvalue weighted by atomic mass is 32.2. The molecule has 0 bridgehead atoms. The zero-order chi connectivity index (χ0) is 24.1. The van der Waals surface area contributed by atoms with E-state index in [0.717, 1.165) is 0 Å². The molecule has 3 aromatic rings. The first-order valence-electron chi connectivity index (χ1n) is 10.3. The minimum Gasteiger partial charge on any atom is -0.492 e. The van der Waals surface area contributed by atoms with Crippen LogP contribution in [0.15, 0.2) is 42.5 Å². The highest BCUT2D eigenvalue weighted by molar-refractivity contribution is 7.92. The lowest BCUT2D eigenvalue weighted by atomic mass is 10.1. The van der Waals surface area contributed by atoms with Gasteiger partial charge in [0.2, 0.25) is 10.0 Å². The molecular weight excluding hydrogens is 461 g/mol. The van der Waals surface area contributed by atoms with Crippen molar-refractivity contribution in [2.45, 2.75) is 25.6 Å². The predicted molar refractivity (Wildman–Crippen MR) is 119 cm³/mol. The Morgan fingerprint density at radius 1 is 1.21 bits per heavy atom. The molecule has 0 saturated carbocycles. The Hall–Kier alpha value is -2.83. The zero-order valence-electron chi connectivity index (χ0n) is 17.8. The molecule has 1 heterocycles. The molecule has 4 N–H and O–H groups in total. The molecule has 0 spiro atoms. The number of anilines is 1. The van der Waals surface area contributed by atoms with Crippen molar-refractivity contribution in [1.29, 1.82) is 0 Å². The number of nitrogens with zero attached hydrogens (tertiary/aromatic N) is 1. The number of hydrogen-bond acceptors (Lipinski definition) is 6. The number of sulfonamides is 1. The van der Waals surface area contributed by atoms with Crippen LogP contribution in [0, 0.1) is 0 Å². The van der Waals surface area contributed by atoms with Crippen LogP contribution in [0.25, 0.3) is 10.9 Å². The fourth-order valence-corrected chi connectivity index (χ4v) is 4.33. The van der Waals surface area contributed by atoms with Crippen LogP contribution in [-0.4, -0.2) is 49.2 Å². The van der Waals surface area contributed by atoms with Crippen molar-refractivity contribution in [3.05, 3.63) is 53.7 Å². The van der Waals surface area contributed by atoms with Gasteiger partial charge in [0.1, 0.15) is 18.1 Å². The number of aliphatic hydroxyl groups excluding tert-OH is 1. The van der Waals surface area contributed by atoms with E-state index in [4.69, 9.17) is 4.74 Å². The second-order valence-electron chi connectivity index (χ2n) is 7.39. The van der Waals surface area contributed by atoms with Crippen LogP contribution in [0.4, 0.5) is 18.9 Å². The summed E-state index contributed by atoms with van der Waals surface area (Å²) in [4.78, 5) is 0. The molecule has 0 amide bonds. The van der Waals surface area contributed by atoms with Gasteiger partial charge in [-0.05, 0) is 36.2 Å². The summed E-state index contributed by atoms with van der Waals surface area (Å²) in [6.45, 7) is 2.55. The Labute approximate surface area is 189 Å². The molecule has 0 radical (unpaired) electrons. The Bertz CT molecular complexity index is 1180. The molecule has 2 aromatic carbocycles. The maximum absolute atomic E-state index is 12.9. The molecule has 0 aliphatic heterocycles. The number of alkyl halides is 3. The lowest BCUT2D eigenvalue weighted by Gasteiger charge is -2.14. The molecule has 1 aromatic heterocycles. The molecule has 0 aliphatic carbocycles. The van der Waals surface area contributed by atoms with Crippen LogP contribution >= 0.6 is 0 Å². The summed E-state index contributed by atoms with van der Waals surface area (Å²) < 4.78 is 70.5. The fraction of sp³-hybridized carbons (Fsp3) is 0.381. The van der Waals surface area contributed by atoms with E-state index in [1.54, 1.807) is 31.2 Å². The molecule has 0 aliphatic rings. The first-order valence-corrected chi connectivity index (χ1v) is 11.9. The van der Waals surface area contributed by atoms with Crippen LogP contribution < -0.4 is 14.8 Å². The van der Waals surface area contributed by atoms with E-state index in [-0.39, 0.29) is 29.8 Å². The summed E-state index contributed by atoms with van der Waals surface area (Å²) in [5.41, 5.74) is 0.176. The van der Waals surface area contributed by atoms with Crippen LogP contribution in [0.5, 0.6) is 5.75 Å². The number of benzene rings is 2. The molecule has 0 saturated heterocycles. The second-order valence-corrected chi connectivity index (χ2v) is 9.23. The number of fused-ring (bicyclic) bond motifs is 1. The van der Waals surface area contributed by atoms with Crippen molar-refractivity contribution in [3.63, 3.8) is 0 Å². The van der Waals surface area contributed by atoms with E-state index in [0.29, 0.717) is 30.0 Å². The summed E-state index contributed by atoms with van der Waals surface area (Å²) in [5, 5.41) is 19.0. The smallest absolute Gasteiger partial charge is 0.433 e. The van der Waals surface area contributed by atoms with Gasteiger partial charge in [-0.25, -0.2) is 8.42 Å².